The van der Waals surface area contributed by atoms with Crippen molar-refractivity contribution >= 4 is 22.6 Å². The van der Waals surface area contributed by atoms with Gasteiger partial charge >= 0.3 is 0 Å². The van der Waals surface area contributed by atoms with Crippen LogP contribution in [0.15, 0.2) is 67.0 Å². The van der Waals surface area contributed by atoms with E-state index in [0.717, 1.165) is 21.9 Å². The van der Waals surface area contributed by atoms with Crippen molar-refractivity contribution in [1.82, 2.24) is 26.1 Å². The number of amides is 2. The lowest BCUT2D eigenvalue weighted by molar-refractivity contribution is -0.127. The van der Waals surface area contributed by atoms with Crippen LogP contribution in [0, 0.1) is 11.8 Å². The van der Waals surface area contributed by atoms with Crippen LogP contribution < -0.4 is 16.2 Å². The third-order valence-electron chi connectivity index (χ3n) is 6.98. The predicted octanol–water partition coefficient (Wildman–Crippen LogP) is 3.01. The summed E-state index contributed by atoms with van der Waals surface area (Å²) in [6.45, 7) is 3.30. The van der Waals surface area contributed by atoms with Gasteiger partial charge in [0.15, 0.2) is 0 Å². The highest BCUT2D eigenvalue weighted by Crippen LogP contribution is 2.28. The maximum absolute atomic E-state index is 13.2. The molecule has 2 aliphatic rings. The van der Waals surface area contributed by atoms with Gasteiger partial charge in [-0.2, -0.15) is 0 Å². The van der Waals surface area contributed by atoms with Crippen molar-refractivity contribution in [3.63, 3.8) is 0 Å². The topological polar surface area (TPSA) is 86.4 Å². The minimum absolute atomic E-state index is 0.0427. The van der Waals surface area contributed by atoms with Crippen LogP contribution in [0.2, 0.25) is 0 Å². The Morgan fingerprint density at radius 2 is 1.70 bits per heavy atom. The average molecular weight is 444 g/mol. The number of carbonyl (C=O) groups is 2. The first-order valence-electron chi connectivity index (χ1n) is 11.6. The molecule has 0 bridgehead atoms. The zero-order valence-corrected chi connectivity index (χ0v) is 18.7. The van der Waals surface area contributed by atoms with Crippen LogP contribution in [0.25, 0.3) is 10.8 Å². The van der Waals surface area contributed by atoms with E-state index in [4.69, 9.17) is 0 Å². The number of hydrogen-bond donors (Lipinski definition) is 3. The molecule has 5 rings (SSSR count). The van der Waals surface area contributed by atoms with Gasteiger partial charge in [0.1, 0.15) is 0 Å². The highest BCUT2D eigenvalue weighted by atomic mass is 16.2. The van der Waals surface area contributed by atoms with Crippen molar-refractivity contribution in [2.24, 2.45) is 11.8 Å². The fourth-order valence-electron chi connectivity index (χ4n) is 4.96. The second kappa shape index (κ2) is 9.29. The normalized spacial score (nSPS) is 23.5. The molecule has 7 heteroatoms. The summed E-state index contributed by atoms with van der Waals surface area (Å²) in [6.07, 6.45) is 4.76. The Kier molecular flexibility index (Phi) is 6.07. The first-order valence-corrected chi connectivity index (χ1v) is 11.6. The molecule has 0 radical (unpaired) electrons. The molecule has 3 aromatic rings. The number of benzene rings is 2. The first-order chi connectivity index (χ1) is 16.1. The number of nitrogens with one attached hydrogen (secondary N) is 3. The summed E-state index contributed by atoms with van der Waals surface area (Å²) < 4.78 is 0. The number of carbonyl (C=O) groups excluding carboxylic acids is 2. The number of hydrogen-bond acceptors (Lipinski definition) is 5. The number of nitrogens with zero attached hydrogens (tertiary/aromatic N) is 2. The number of fused-ring (bicyclic) bond motifs is 1. The van der Waals surface area contributed by atoms with Gasteiger partial charge in [-0.1, -0.05) is 43.3 Å². The highest BCUT2D eigenvalue weighted by molar-refractivity contribution is 6.07. The molecule has 1 aromatic heterocycles. The van der Waals surface area contributed by atoms with Gasteiger partial charge in [0.25, 0.3) is 5.91 Å². The number of likely N-dealkylation sites (tertiary alicyclic amines) is 1. The first kappa shape index (κ1) is 21.6. The molecule has 33 heavy (non-hydrogen) atoms. The van der Waals surface area contributed by atoms with Gasteiger partial charge < -0.3 is 10.2 Å². The van der Waals surface area contributed by atoms with Crippen LogP contribution in [0.5, 0.6) is 0 Å². The van der Waals surface area contributed by atoms with Crippen molar-refractivity contribution in [3.8, 4) is 0 Å². The average Bonchev–Trinajstić information content (AvgIpc) is 3.23. The second-order valence-corrected chi connectivity index (χ2v) is 8.99. The smallest absolute Gasteiger partial charge is 0.254 e. The van der Waals surface area contributed by atoms with E-state index in [1.165, 1.54) is 0 Å². The summed E-state index contributed by atoms with van der Waals surface area (Å²) in [7, 11) is 0. The molecule has 0 aliphatic carbocycles. The van der Waals surface area contributed by atoms with E-state index in [2.05, 4.69) is 28.1 Å². The van der Waals surface area contributed by atoms with Gasteiger partial charge in [-0.05, 0) is 47.4 Å². The molecule has 3 unspecified atom stereocenters. The molecule has 2 aromatic carbocycles. The fraction of sp³-hybridized carbons (Fsp3) is 0.346. The Balaban J connectivity index is 1.17. The molecule has 3 atom stereocenters. The van der Waals surface area contributed by atoms with E-state index in [-0.39, 0.29) is 35.9 Å². The monoisotopic (exact) mass is 443 g/mol. The second-order valence-electron chi connectivity index (χ2n) is 8.99. The van der Waals surface area contributed by atoms with Gasteiger partial charge in [0.2, 0.25) is 5.91 Å². The van der Waals surface area contributed by atoms with Crippen molar-refractivity contribution in [2.75, 3.05) is 13.1 Å². The Bertz CT molecular complexity index is 1140. The van der Waals surface area contributed by atoms with Gasteiger partial charge in [-0.25, -0.2) is 10.9 Å². The Morgan fingerprint density at radius 3 is 2.48 bits per heavy atom. The minimum Gasteiger partial charge on any atom is -0.339 e. The maximum Gasteiger partial charge on any atom is 0.254 e. The summed E-state index contributed by atoms with van der Waals surface area (Å²) in [6, 6.07) is 17.9. The van der Waals surface area contributed by atoms with Crippen LogP contribution >= 0.6 is 0 Å². The quantitative estimate of drug-likeness (QED) is 0.577. The number of hydrazine groups is 1. The van der Waals surface area contributed by atoms with Crippen molar-refractivity contribution < 1.29 is 9.59 Å². The number of aromatic nitrogens is 1. The Labute approximate surface area is 193 Å². The third kappa shape index (κ3) is 4.34. The molecular weight excluding hydrogens is 414 g/mol. The lowest BCUT2D eigenvalue weighted by atomic mass is 9.92. The summed E-state index contributed by atoms with van der Waals surface area (Å²) in [5.41, 5.74) is 8.38. The molecule has 170 valence electrons. The summed E-state index contributed by atoms with van der Waals surface area (Å²) in [4.78, 5) is 32.1. The van der Waals surface area contributed by atoms with E-state index in [0.29, 0.717) is 25.9 Å². The standard InChI is InChI=1S/C26H29N5O2/c1-17-23(19-9-13-27-14-10-19)29-30-24(17)28-25(32)20-11-15-31(16-12-20)26(33)22-8-4-6-18-5-2-3-7-21(18)22/h2-10,13-14,17,20,23-24,29-30H,11-12,15-16H2,1H3,(H,28,32). The molecule has 3 heterocycles. The summed E-state index contributed by atoms with van der Waals surface area (Å²) in [5.74, 6) is 0.190. The van der Waals surface area contributed by atoms with Gasteiger partial charge in [0, 0.05) is 42.9 Å². The van der Waals surface area contributed by atoms with Crippen LogP contribution in [0.1, 0.15) is 41.7 Å². The molecule has 2 fully saturated rings. The largest absolute Gasteiger partial charge is 0.339 e. The zero-order chi connectivity index (χ0) is 22.8. The SMILES string of the molecule is CC1C(NC(=O)C2CCN(C(=O)c3cccc4ccccc34)CC2)NNC1c1ccncc1. The van der Waals surface area contributed by atoms with Crippen LogP contribution in [0.4, 0.5) is 0 Å². The maximum atomic E-state index is 13.2. The predicted molar refractivity (Wildman–Crippen MR) is 127 cm³/mol. The van der Waals surface area contributed by atoms with E-state index in [1.54, 1.807) is 12.4 Å². The lowest BCUT2D eigenvalue weighted by Crippen LogP contribution is -2.50. The summed E-state index contributed by atoms with van der Waals surface area (Å²) >= 11 is 0. The van der Waals surface area contributed by atoms with Gasteiger partial charge in [0.05, 0.1) is 12.2 Å². The molecule has 2 saturated heterocycles. The molecule has 0 saturated carbocycles. The molecule has 2 amide bonds. The van der Waals surface area contributed by atoms with Crippen LogP contribution in [-0.2, 0) is 4.79 Å². The zero-order valence-electron chi connectivity index (χ0n) is 18.7. The Morgan fingerprint density at radius 1 is 0.970 bits per heavy atom. The number of pyridine rings is 1. The van der Waals surface area contributed by atoms with E-state index in [9.17, 15) is 9.59 Å². The fourth-order valence-corrected chi connectivity index (χ4v) is 4.96. The minimum atomic E-state index is -0.147. The number of rotatable bonds is 4. The van der Waals surface area contributed by atoms with Crippen molar-refractivity contribution in [2.45, 2.75) is 32.0 Å². The third-order valence-corrected chi connectivity index (χ3v) is 6.98. The molecule has 2 aliphatic heterocycles. The molecular formula is C26H29N5O2. The van der Waals surface area contributed by atoms with E-state index < -0.39 is 0 Å². The lowest BCUT2D eigenvalue weighted by Gasteiger charge is -2.32. The van der Waals surface area contributed by atoms with Crippen LogP contribution in [0.3, 0.4) is 0 Å². The van der Waals surface area contributed by atoms with Crippen molar-refractivity contribution in [3.05, 3.63) is 78.1 Å². The van der Waals surface area contributed by atoms with Crippen molar-refractivity contribution in [1.29, 1.82) is 0 Å². The van der Waals surface area contributed by atoms with Gasteiger partial charge in [-0.3, -0.25) is 14.6 Å². The Hall–Kier alpha value is -3.29. The van der Waals surface area contributed by atoms with Crippen LogP contribution in [-0.4, -0.2) is 41.0 Å². The van der Waals surface area contributed by atoms with E-state index in [1.807, 2.05) is 59.5 Å². The van der Waals surface area contributed by atoms with Gasteiger partial charge in [-0.15, -0.1) is 0 Å². The molecule has 0 spiro atoms. The molecule has 3 N–H and O–H groups in total. The van der Waals surface area contributed by atoms with E-state index >= 15 is 0 Å². The number of piperidine rings is 1. The highest BCUT2D eigenvalue weighted by Gasteiger charge is 2.36. The molecule has 7 nitrogen and oxygen atoms in total. The summed E-state index contributed by atoms with van der Waals surface area (Å²) in [5, 5.41) is 5.21.